The van der Waals surface area contributed by atoms with Crippen molar-refractivity contribution in [3.05, 3.63) is 42.5 Å². The second-order valence-corrected chi connectivity index (χ2v) is 8.98. The maximum absolute atomic E-state index is 6.48. The Labute approximate surface area is 175 Å². The first kappa shape index (κ1) is 18.1. The van der Waals surface area contributed by atoms with Crippen LogP contribution in [0, 0.1) is 11.8 Å². The molecule has 1 aromatic carbocycles. The van der Waals surface area contributed by atoms with Crippen molar-refractivity contribution in [1.82, 2.24) is 9.97 Å². The summed E-state index contributed by atoms with van der Waals surface area (Å²) in [6, 6.07) is 6.49. The van der Waals surface area contributed by atoms with E-state index in [1.165, 1.54) is 19.2 Å². The maximum Gasteiger partial charge on any atom is 0.283 e. The average Bonchev–Trinajstić information content (AvgIpc) is 3.54. The quantitative estimate of drug-likeness (QED) is 0.839. The third-order valence-electron chi connectivity index (χ3n) is 6.98. The average molecular weight is 406 g/mol. The summed E-state index contributed by atoms with van der Waals surface area (Å²) in [4.78, 5) is 13.2. The Morgan fingerprint density at radius 3 is 2.73 bits per heavy atom. The molecule has 2 N–H and O–H groups in total. The van der Waals surface area contributed by atoms with Gasteiger partial charge in [0.1, 0.15) is 30.3 Å². The lowest BCUT2D eigenvalue weighted by molar-refractivity contribution is -0.0643. The van der Waals surface area contributed by atoms with Gasteiger partial charge < -0.3 is 19.9 Å². The number of amidine groups is 1. The zero-order valence-corrected chi connectivity index (χ0v) is 16.9. The lowest BCUT2D eigenvalue weighted by atomic mass is 9.67. The summed E-state index contributed by atoms with van der Waals surface area (Å²) < 4.78 is 18.5. The third kappa shape index (κ3) is 3.03. The monoisotopic (exact) mass is 406 g/mol. The molecule has 6 rings (SSSR count). The Morgan fingerprint density at radius 2 is 1.97 bits per heavy atom. The number of nitrogens with two attached hydrogens (primary N) is 1. The van der Waals surface area contributed by atoms with E-state index in [1.54, 1.807) is 0 Å². The molecule has 4 aliphatic rings. The summed E-state index contributed by atoms with van der Waals surface area (Å²) in [6.45, 7) is 1.33. The first-order valence-electron chi connectivity index (χ1n) is 10.9. The van der Waals surface area contributed by atoms with Gasteiger partial charge in [-0.1, -0.05) is 6.07 Å². The van der Waals surface area contributed by atoms with Gasteiger partial charge in [-0.05, 0) is 55.7 Å². The van der Waals surface area contributed by atoms with Crippen LogP contribution < -0.4 is 10.5 Å². The van der Waals surface area contributed by atoms with Crippen LogP contribution in [0.5, 0.6) is 5.75 Å². The molecule has 0 radical (unpaired) electrons. The number of nitrogens with zero attached hydrogens (tertiary/aromatic N) is 3. The fourth-order valence-electron chi connectivity index (χ4n) is 5.19. The van der Waals surface area contributed by atoms with Gasteiger partial charge in [-0.25, -0.2) is 15.0 Å². The minimum Gasteiger partial charge on any atom is -0.490 e. The number of aliphatic imine (C=N–C) groups is 1. The fraction of sp³-hybridized carbons (Fsp3) is 0.522. The molecule has 156 valence electrons. The van der Waals surface area contributed by atoms with Crippen LogP contribution in [0.3, 0.4) is 0 Å². The van der Waals surface area contributed by atoms with Gasteiger partial charge in [0.15, 0.2) is 0 Å². The van der Waals surface area contributed by atoms with Crippen molar-refractivity contribution in [1.29, 1.82) is 0 Å². The van der Waals surface area contributed by atoms with E-state index in [1.807, 2.05) is 18.5 Å². The van der Waals surface area contributed by atoms with E-state index >= 15 is 0 Å². The number of hydrogen-bond donors (Lipinski definition) is 1. The van der Waals surface area contributed by atoms with Crippen molar-refractivity contribution in [2.75, 3.05) is 13.2 Å². The fourth-order valence-corrected chi connectivity index (χ4v) is 5.19. The van der Waals surface area contributed by atoms with Crippen molar-refractivity contribution in [2.24, 2.45) is 22.6 Å². The Kier molecular flexibility index (Phi) is 4.19. The van der Waals surface area contributed by atoms with E-state index in [0.717, 1.165) is 54.2 Å². The van der Waals surface area contributed by atoms with E-state index in [0.29, 0.717) is 6.61 Å². The minimum atomic E-state index is -0.532. The molecule has 0 amide bonds. The maximum atomic E-state index is 6.48. The molecular formula is C23H26N4O3. The van der Waals surface area contributed by atoms with Gasteiger partial charge in [0, 0.05) is 36.0 Å². The Morgan fingerprint density at radius 1 is 1.10 bits per heavy atom. The van der Waals surface area contributed by atoms with Crippen molar-refractivity contribution in [3.63, 3.8) is 0 Å². The highest BCUT2D eigenvalue weighted by Crippen LogP contribution is 2.53. The van der Waals surface area contributed by atoms with E-state index in [2.05, 4.69) is 22.1 Å². The molecular weight excluding hydrogens is 380 g/mol. The SMILES string of the molecule is NC1=N[C@]2(CO1)c1cc(-c3cncnc3)ccc1OC1CC[C@H](OCC3CC3)C[C@@H]12. The molecule has 2 aliphatic carbocycles. The summed E-state index contributed by atoms with van der Waals surface area (Å²) in [6.07, 6.45) is 11.0. The smallest absolute Gasteiger partial charge is 0.283 e. The first-order chi connectivity index (χ1) is 14.7. The highest BCUT2D eigenvalue weighted by molar-refractivity contribution is 5.75. The van der Waals surface area contributed by atoms with Crippen molar-refractivity contribution in [2.45, 2.75) is 49.9 Å². The van der Waals surface area contributed by atoms with E-state index in [9.17, 15) is 0 Å². The van der Waals surface area contributed by atoms with E-state index in [4.69, 9.17) is 24.9 Å². The van der Waals surface area contributed by atoms with E-state index in [-0.39, 0.29) is 24.1 Å². The summed E-state index contributed by atoms with van der Waals surface area (Å²) in [5, 5.41) is 0. The summed E-state index contributed by atoms with van der Waals surface area (Å²) in [7, 11) is 0. The zero-order valence-electron chi connectivity index (χ0n) is 16.9. The van der Waals surface area contributed by atoms with Crippen LogP contribution in [0.1, 0.15) is 37.7 Å². The van der Waals surface area contributed by atoms with Gasteiger partial charge >= 0.3 is 0 Å². The second kappa shape index (κ2) is 6.94. The van der Waals surface area contributed by atoms with Gasteiger partial charge in [0.25, 0.3) is 6.02 Å². The molecule has 4 atom stereocenters. The van der Waals surface area contributed by atoms with Crippen molar-refractivity contribution < 1.29 is 14.2 Å². The van der Waals surface area contributed by atoms with Gasteiger partial charge in [-0.3, -0.25) is 0 Å². The molecule has 0 saturated heterocycles. The predicted molar refractivity (Wildman–Crippen MR) is 111 cm³/mol. The number of benzene rings is 1. The van der Waals surface area contributed by atoms with Crippen LogP contribution in [-0.2, 0) is 15.0 Å². The van der Waals surface area contributed by atoms with Crippen LogP contribution in [0.2, 0.25) is 0 Å². The van der Waals surface area contributed by atoms with Gasteiger partial charge in [-0.15, -0.1) is 0 Å². The second-order valence-electron chi connectivity index (χ2n) is 8.98. The number of hydrogen-bond acceptors (Lipinski definition) is 7. The molecule has 7 nitrogen and oxygen atoms in total. The van der Waals surface area contributed by atoms with Crippen LogP contribution in [-0.4, -0.2) is 41.4 Å². The molecule has 1 spiro atoms. The normalized spacial score (nSPS) is 32.0. The van der Waals surface area contributed by atoms with Gasteiger partial charge in [0.2, 0.25) is 0 Å². The number of aromatic nitrogens is 2. The highest BCUT2D eigenvalue weighted by atomic mass is 16.5. The Hall–Kier alpha value is -2.67. The van der Waals surface area contributed by atoms with Crippen LogP contribution in [0.25, 0.3) is 11.1 Å². The standard InChI is InChI=1S/C23H26N4O3/c24-22-27-23(12-29-22)18-7-15(16-9-25-13-26-10-16)3-5-20(18)30-21-6-4-17(8-19(21)23)28-11-14-1-2-14/h3,5,7,9-10,13-14,17,19,21H,1-2,4,6,8,11-12H2,(H2,24,27)/t17-,19-,21?,23+/m0/s1. The molecule has 2 aromatic rings. The third-order valence-corrected chi connectivity index (χ3v) is 6.98. The van der Waals surface area contributed by atoms with Gasteiger partial charge in [-0.2, -0.15) is 0 Å². The van der Waals surface area contributed by atoms with E-state index < -0.39 is 5.54 Å². The molecule has 7 heteroatoms. The van der Waals surface area contributed by atoms with Crippen LogP contribution in [0.4, 0.5) is 0 Å². The summed E-state index contributed by atoms with van der Waals surface area (Å²) >= 11 is 0. The zero-order chi connectivity index (χ0) is 20.1. The van der Waals surface area contributed by atoms with Crippen molar-refractivity contribution >= 4 is 6.02 Å². The minimum absolute atomic E-state index is 0.0995. The largest absolute Gasteiger partial charge is 0.490 e. The molecule has 1 unspecified atom stereocenters. The predicted octanol–water partition coefficient (Wildman–Crippen LogP) is 3.04. The molecule has 30 heavy (non-hydrogen) atoms. The summed E-state index contributed by atoms with van der Waals surface area (Å²) in [5.74, 6) is 1.81. The van der Waals surface area contributed by atoms with Crippen molar-refractivity contribution in [3.8, 4) is 16.9 Å². The molecule has 2 saturated carbocycles. The summed E-state index contributed by atoms with van der Waals surface area (Å²) in [5.41, 5.74) is 8.55. The number of fused-ring (bicyclic) bond motifs is 4. The lowest BCUT2D eigenvalue weighted by Gasteiger charge is -2.48. The molecule has 3 heterocycles. The Bertz CT molecular complexity index is 978. The lowest BCUT2D eigenvalue weighted by Crippen LogP contribution is -2.52. The Balaban J connectivity index is 1.38. The molecule has 2 fully saturated rings. The van der Waals surface area contributed by atoms with Gasteiger partial charge in [0.05, 0.1) is 6.10 Å². The number of rotatable bonds is 4. The van der Waals surface area contributed by atoms with Crippen LogP contribution in [0.15, 0.2) is 41.9 Å². The molecule has 2 aliphatic heterocycles. The highest BCUT2D eigenvalue weighted by Gasteiger charge is 2.55. The molecule has 0 bridgehead atoms. The first-order valence-corrected chi connectivity index (χ1v) is 10.9. The topological polar surface area (TPSA) is 91.9 Å². The number of ether oxygens (including phenoxy) is 3. The van der Waals surface area contributed by atoms with Crippen LogP contribution >= 0.6 is 0 Å². The molecule has 1 aromatic heterocycles.